The molecule has 0 unspecified atom stereocenters. The van der Waals surface area contributed by atoms with Gasteiger partial charge >= 0.3 is 5.97 Å². The van der Waals surface area contributed by atoms with E-state index in [1.54, 1.807) is 45.0 Å². The molecule has 27 heavy (non-hydrogen) atoms. The highest BCUT2D eigenvalue weighted by Crippen LogP contribution is 2.25. The van der Waals surface area contributed by atoms with Gasteiger partial charge in [0.25, 0.3) is 11.8 Å². The molecule has 0 aliphatic carbocycles. The summed E-state index contributed by atoms with van der Waals surface area (Å²) in [6.45, 7) is 5.23. The third-order valence-corrected chi connectivity index (χ3v) is 3.92. The van der Waals surface area contributed by atoms with Crippen molar-refractivity contribution in [2.45, 2.75) is 38.9 Å². The van der Waals surface area contributed by atoms with Gasteiger partial charge in [-0.3, -0.25) is 9.59 Å². The number of nitrogens with zero attached hydrogens (tertiary/aromatic N) is 1. The highest BCUT2D eigenvalue weighted by Gasteiger charge is 2.40. The van der Waals surface area contributed by atoms with Gasteiger partial charge in [0, 0.05) is 6.42 Å². The van der Waals surface area contributed by atoms with E-state index in [2.05, 4.69) is 0 Å². The molecule has 1 heterocycles. The molecule has 0 fully saturated rings. The Labute approximate surface area is 157 Å². The van der Waals surface area contributed by atoms with E-state index in [0.29, 0.717) is 5.06 Å². The number of imide groups is 1. The quantitative estimate of drug-likeness (QED) is 0.599. The Hall–Kier alpha value is -2.99. The summed E-state index contributed by atoms with van der Waals surface area (Å²) in [6, 6.07) is 15.7. The predicted octanol–water partition coefficient (Wildman–Crippen LogP) is 3.17. The average Bonchev–Trinajstić information content (AvgIpc) is 2.86. The molecule has 1 aliphatic rings. The van der Waals surface area contributed by atoms with E-state index in [9.17, 15) is 14.4 Å². The van der Waals surface area contributed by atoms with E-state index in [4.69, 9.17) is 9.57 Å². The number of amides is 2. The van der Waals surface area contributed by atoms with Crippen molar-refractivity contribution < 1.29 is 24.0 Å². The van der Waals surface area contributed by atoms with Crippen LogP contribution in [0, 0.1) is 0 Å². The largest absolute Gasteiger partial charge is 0.458 e. The summed E-state index contributed by atoms with van der Waals surface area (Å²) in [6.07, 6.45) is -0.961. The number of hydrogen-bond acceptors (Lipinski definition) is 5. The fourth-order valence-electron chi connectivity index (χ4n) is 2.75. The molecule has 6 nitrogen and oxygen atoms in total. The van der Waals surface area contributed by atoms with Crippen molar-refractivity contribution >= 4 is 17.8 Å². The highest BCUT2D eigenvalue weighted by molar-refractivity contribution is 6.20. The molecule has 2 aromatic carbocycles. The zero-order valence-electron chi connectivity index (χ0n) is 15.5. The molecule has 1 aliphatic heterocycles. The molecule has 0 spiro atoms. The first-order chi connectivity index (χ1) is 12.8. The van der Waals surface area contributed by atoms with Crippen molar-refractivity contribution in [2.75, 3.05) is 0 Å². The first-order valence-corrected chi connectivity index (χ1v) is 8.67. The second kappa shape index (κ2) is 7.32. The molecular formula is C21H21NO5. The molecule has 0 N–H and O–H groups in total. The molecule has 0 bridgehead atoms. The summed E-state index contributed by atoms with van der Waals surface area (Å²) >= 11 is 0. The van der Waals surface area contributed by atoms with E-state index in [1.165, 1.54) is 0 Å². The molecule has 0 aromatic heterocycles. The highest BCUT2D eigenvalue weighted by atomic mass is 16.7. The third-order valence-electron chi connectivity index (χ3n) is 3.92. The van der Waals surface area contributed by atoms with Gasteiger partial charge in [0.2, 0.25) is 0 Å². The minimum absolute atomic E-state index is 0.170. The minimum Gasteiger partial charge on any atom is -0.458 e. The van der Waals surface area contributed by atoms with E-state index >= 15 is 0 Å². The molecule has 140 valence electrons. The van der Waals surface area contributed by atoms with Gasteiger partial charge in [0.05, 0.1) is 11.1 Å². The van der Waals surface area contributed by atoms with Crippen molar-refractivity contribution in [1.82, 2.24) is 5.06 Å². The topological polar surface area (TPSA) is 72.9 Å². The van der Waals surface area contributed by atoms with Gasteiger partial charge in [-0.15, -0.1) is 5.06 Å². The third kappa shape index (κ3) is 4.23. The van der Waals surface area contributed by atoms with Gasteiger partial charge in [0.1, 0.15) is 5.60 Å². The number of carbonyl (C=O) groups is 3. The van der Waals surface area contributed by atoms with Crippen LogP contribution in [0.5, 0.6) is 0 Å². The van der Waals surface area contributed by atoms with E-state index in [1.807, 2.05) is 30.3 Å². The van der Waals surface area contributed by atoms with Crippen molar-refractivity contribution in [2.24, 2.45) is 0 Å². The smallest absolute Gasteiger partial charge is 0.338 e. The predicted molar refractivity (Wildman–Crippen MR) is 97.8 cm³/mol. The Kier molecular flexibility index (Phi) is 5.10. The number of hydrogen-bond donors (Lipinski definition) is 0. The van der Waals surface area contributed by atoms with Crippen molar-refractivity contribution in [3.63, 3.8) is 0 Å². The summed E-state index contributed by atoms with van der Waals surface area (Å²) < 4.78 is 5.42. The Morgan fingerprint density at radius 3 is 1.96 bits per heavy atom. The summed E-state index contributed by atoms with van der Waals surface area (Å²) in [4.78, 5) is 43.3. The van der Waals surface area contributed by atoms with Crippen LogP contribution in [0.2, 0.25) is 0 Å². The lowest BCUT2D eigenvalue weighted by Gasteiger charge is -2.26. The van der Waals surface area contributed by atoms with Gasteiger partial charge in [-0.05, 0) is 38.5 Å². The Morgan fingerprint density at radius 1 is 0.926 bits per heavy atom. The maximum Gasteiger partial charge on any atom is 0.338 e. The van der Waals surface area contributed by atoms with Crippen LogP contribution in [0.4, 0.5) is 0 Å². The molecule has 1 atom stereocenters. The summed E-state index contributed by atoms with van der Waals surface area (Å²) in [7, 11) is 0. The molecule has 6 heteroatoms. The normalized spacial score (nSPS) is 14.9. The van der Waals surface area contributed by atoms with Crippen LogP contribution in [0.25, 0.3) is 0 Å². The molecule has 0 saturated heterocycles. The summed E-state index contributed by atoms with van der Waals surface area (Å²) in [5, 5.41) is 0.655. The van der Waals surface area contributed by atoms with Gasteiger partial charge < -0.3 is 4.74 Å². The SMILES string of the molecule is CC(C)(C)OC(=O)[C@@H](Cc1ccccc1)ON1C(=O)c2ccccc2C1=O. The fraction of sp³-hybridized carbons (Fsp3) is 0.286. The van der Waals surface area contributed by atoms with Gasteiger partial charge in [0.15, 0.2) is 6.10 Å². The van der Waals surface area contributed by atoms with Gasteiger partial charge in [-0.25, -0.2) is 9.63 Å². The Bertz CT molecular complexity index is 835. The number of hydroxylamine groups is 2. The minimum atomic E-state index is -1.13. The van der Waals surface area contributed by atoms with Gasteiger partial charge in [-0.1, -0.05) is 42.5 Å². The van der Waals surface area contributed by atoms with Crippen LogP contribution in [-0.4, -0.2) is 34.6 Å². The lowest BCUT2D eigenvalue weighted by atomic mass is 10.1. The van der Waals surface area contributed by atoms with Crippen LogP contribution in [0.1, 0.15) is 47.1 Å². The Morgan fingerprint density at radius 2 is 1.44 bits per heavy atom. The second-order valence-corrected chi connectivity index (χ2v) is 7.27. The zero-order chi connectivity index (χ0) is 19.6. The molecule has 2 aromatic rings. The first-order valence-electron chi connectivity index (χ1n) is 8.67. The zero-order valence-corrected chi connectivity index (χ0v) is 15.5. The summed E-state index contributed by atoms with van der Waals surface area (Å²) in [5.41, 5.74) is 0.609. The fourth-order valence-corrected chi connectivity index (χ4v) is 2.75. The van der Waals surface area contributed by atoms with Gasteiger partial charge in [-0.2, -0.15) is 0 Å². The van der Waals surface area contributed by atoms with Crippen LogP contribution in [-0.2, 0) is 20.8 Å². The van der Waals surface area contributed by atoms with Crippen LogP contribution in [0.15, 0.2) is 54.6 Å². The number of benzene rings is 2. The standard InChI is InChI=1S/C21H21NO5/c1-21(2,3)26-20(25)17(13-14-9-5-4-6-10-14)27-22-18(23)15-11-7-8-12-16(15)19(22)24/h4-12,17H,13H2,1-3H3/t17-/m1/s1. The van der Waals surface area contributed by atoms with Crippen molar-refractivity contribution in [3.05, 3.63) is 71.3 Å². The number of carbonyl (C=O) groups excluding carboxylic acids is 3. The molecule has 0 radical (unpaired) electrons. The monoisotopic (exact) mass is 367 g/mol. The van der Waals surface area contributed by atoms with E-state index in [0.717, 1.165) is 5.56 Å². The second-order valence-electron chi connectivity index (χ2n) is 7.27. The lowest BCUT2D eigenvalue weighted by Crippen LogP contribution is -2.42. The molecule has 3 rings (SSSR count). The molecule has 2 amide bonds. The summed E-state index contributed by atoms with van der Waals surface area (Å²) in [5.74, 6) is -1.81. The van der Waals surface area contributed by atoms with Crippen LogP contribution >= 0.6 is 0 Å². The van der Waals surface area contributed by atoms with E-state index in [-0.39, 0.29) is 17.5 Å². The molecule has 0 saturated carbocycles. The molecular weight excluding hydrogens is 346 g/mol. The van der Waals surface area contributed by atoms with Crippen molar-refractivity contribution in [3.8, 4) is 0 Å². The average molecular weight is 367 g/mol. The van der Waals surface area contributed by atoms with Crippen LogP contribution in [0.3, 0.4) is 0 Å². The van der Waals surface area contributed by atoms with E-state index < -0.39 is 29.5 Å². The van der Waals surface area contributed by atoms with Crippen molar-refractivity contribution in [1.29, 1.82) is 0 Å². The number of esters is 1. The number of fused-ring (bicyclic) bond motifs is 1. The maximum absolute atomic E-state index is 12.6. The lowest BCUT2D eigenvalue weighted by molar-refractivity contribution is -0.189. The maximum atomic E-state index is 12.6. The number of rotatable bonds is 5. The first kappa shape index (κ1) is 18.8. The van der Waals surface area contributed by atoms with Crippen LogP contribution < -0.4 is 0 Å². The Balaban J connectivity index is 1.84. The number of ether oxygens (including phenoxy) is 1.